The Labute approximate surface area is 189 Å². The van der Waals surface area contributed by atoms with Crippen molar-refractivity contribution in [2.75, 3.05) is 5.73 Å². The molecule has 7 nitrogen and oxygen atoms in total. The van der Waals surface area contributed by atoms with Gasteiger partial charge in [-0.1, -0.05) is 6.07 Å². The van der Waals surface area contributed by atoms with Crippen molar-refractivity contribution in [3.05, 3.63) is 77.0 Å². The topological polar surface area (TPSA) is 99.6 Å². The number of nitrogen functional groups attached to an aromatic ring is 1. The van der Waals surface area contributed by atoms with Crippen molar-refractivity contribution < 1.29 is 13.6 Å². The van der Waals surface area contributed by atoms with Crippen LogP contribution in [0, 0.1) is 25.5 Å². The summed E-state index contributed by atoms with van der Waals surface area (Å²) in [5, 5.41) is 4.19. The summed E-state index contributed by atoms with van der Waals surface area (Å²) in [7, 11) is 1.78. The molecular weight excluding hydrogens is 426 g/mol. The van der Waals surface area contributed by atoms with E-state index in [4.69, 9.17) is 5.73 Å². The molecule has 0 amide bonds. The zero-order chi connectivity index (χ0) is 23.7. The first-order valence-electron chi connectivity index (χ1n) is 10.3. The zero-order valence-electron chi connectivity index (χ0n) is 18.4. The Morgan fingerprint density at radius 1 is 1.00 bits per heavy atom. The molecule has 0 spiro atoms. The van der Waals surface area contributed by atoms with E-state index in [1.807, 2.05) is 26.0 Å². The van der Waals surface area contributed by atoms with E-state index in [1.54, 1.807) is 24.1 Å². The molecule has 0 aliphatic heterocycles. The normalized spacial score (nSPS) is 11.1. The number of anilines is 1. The van der Waals surface area contributed by atoms with Gasteiger partial charge in [0, 0.05) is 47.7 Å². The van der Waals surface area contributed by atoms with Crippen LogP contribution in [-0.2, 0) is 13.5 Å². The summed E-state index contributed by atoms with van der Waals surface area (Å²) in [6.45, 7) is 3.72. The summed E-state index contributed by atoms with van der Waals surface area (Å²) in [6.07, 6.45) is 3.12. The third-order valence-electron chi connectivity index (χ3n) is 5.18. The number of rotatable bonds is 6. The fourth-order valence-electron chi connectivity index (χ4n) is 3.70. The molecule has 0 bridgehead atoms. The molecular formula is C24H22F2N6O. The van der Waals surface area contributed by atoms with Gasteiger partial charge in [-0.25, -0.2) is 18.7 Å². The highest BCUT2D eigenvalue weighted by molar-refractivity contribution is 5.99. The van der Waals surface area contributed by atoms with E-state index in [2.05, 4.69) is 20.1 Å². The van der Waals surface area contributed by atoms with Crippen molar-refractivity contribution in [2.24, 2.45) is 7.05 Å². The molecule has 1 aromatic carbocycles. The number of hydrogen-bond donors (Lipinski definition) is 1. The van der Waals surface area contributed by atoms with Crippen LogP contribution in [0.1, 0.15) is 33.9 Å². The number of Topliss-reactive ketones (excluding diaryl/α,β-unsaturated/α-hetero) is 1. The zero-order valence-corrected chi connectivity index (χ0v) is 18.4. The molecule has 33 heavy (non-hydrogen) atoms. The van der Waals surface area contributed by atoms with Gasteiger partial charge in [0.1, 0.15) is 23.0 Å². The quantitative estimate of drug-likeness (QED) is 0.443. The lowest BCUT2D eigenvalue weighted by atomic mass is 10.0. The molecule has 0 atom stereocenters. The highest BCUT2D eigenvalue weighted by Crippen LogP contribution is 2.31. The average molecular weight is 448 g/mol. The number of carbonyl (C=O) groups excluding carboxylic acids is 1. The van der Waals surface area contributed by atoms with E-state index in [-0.39, 0.29) is 29.9 Å². The van der Waals surface area contributed by atoms with Crippen LogP contribution in [0.5, 0.6) is 0 Å². The third kappa shape index (κ3) is 4.62. The second kappa shape index (κ2) is 8.85. The SMILES string of the molecule is Cc1cc(-c2nc(C(=O)CCc3c(F)cccc3F)c(N)nc2-c2cnn(C)c2)cc(C)n1. The van der Waals surface area contributed by atoms with E-state index in [1.165, 1.54) is 6.07 Å². The minimum atomic E-state index is -0.697. The molecule has 0 saturated carbocycles. The summed E-state index contributed by atoms with van der Waals surface area (Å²) >= 11 is 0. The number of aryl methyl sites for hydroxylation is 3. The molecule has 0 aliphatic rings. The number of aromatic nitrogens is 5. The number of ketones is 1. The van der Waals surface area contributed by atoms with Gasteiger partial charge >= 0.3 is 0 Å². The van der Waals surface area contributed by atoms with Gasteiger partial charge in [-0.3, -0.25) is 14.5 Å². The van der Waals surface area contributed by atoms with E-state index in [0.717, 1.165) is 29.1 Å². The Morgan fingerprint density at radius 3 is 2.24 bits per heavy atom. The fraction of sp³-hybridized carbons (Fsp3) is 0.208. The fourth-order valence-corrected chi connectivity index (χ4v) is 3.70. The molecule has 0 aliphatic carbocycles. The van der Waals surface area contributed by atoms with Gasteiger partial charge in [0.05, 0.1) is 11.9 Å². The van der Waals surface area contributed by atoms with E-state index >= 15 is 0 Å². The van der Waals surface area contributed by atoms with Gasteiger partial charge in [0.2, 0.25) is 0 Å². The van der Waals surface area contributed by atoms with Crippen LogP contribution in [0.15, 0.2) is 42.7 Å². The molecule has 0 radical (unpaired) electrons. The van der Waals surface area contributed by atoms with Gasteiger partial charge in [-0.15, -0.1) is 0 Å². The molecule has 168 valence electrons. The molecule has 3 aromatic heterocycles. The van der Waals surface area contributed by atoms with Crippen LogP contribution in [0.2, 0.25) is 0 Å². The number of halogens is 2. The second-order valence-electron chi connectivity index (χ2n) is 7.82. The molecule has 0 fully saturated rings. The van der Waals surface area contributed by atoms with Crippen LogP contribution >= 0.6 is 0 Å². The molecule has 0 saturated heterocycles. The van der Waals surface area contributed by atoms with E-state index < -0.39 is 17.4 Å². The lowest BCUT2D eigenvalue weighted by Gasteiger charge is -2.13. The van der Waals surface area contributed by atoms with Crippen molar-refractivity contribution in [2.45, 2.75) is 26.7 Å². The Bertz CT molecular complexity index is 1320. The first-order valence-corrected chi connectivity index (χ1v) is 10.3. The highest BCUT2D eigenvalue weighted by atomic mass is 19.1. The maximum Gasteiger partial charge on any atom is 0.185 e. The van der Waals surface area contributed by atoms with Crippen LogP contribution < -0.4 is 5.73 Å². The van der Waals surface area contributed by atoms with Crippen molar-refractivity contribution in [1.29, 1.82) is 0 Å². The number of nitrogens with two attached hydrogens (primary N) is 1. The Hall–Kier alpha value is -4.01. The molecule has 0 unspecified atom stereocenters. The van der Waals surface area contributed by atoms with Crippen molar-refractivity contribution in [1.82, 2.24) is 24.7 Å². The predicted molar refractivity (Wildman–Crippen MR) is 120 cm³/mol. The van der Waals surface area contributed by atoms with Crippen molar-refractivity contribution in [3.63, 3.8) is 0 Å². The van der Waals surface area contributed by atoms with Crippen LogP contribution in [-0.4, -0.2) is 30.5 Å². The number of benzene rings is 1. The minimum absolute atomic E-state index is 0.0403. The van der Waals surface area contributed by atoms with Gasteiger partial charge < -0.3 is 5.73 Å². The van der Waals surface area contributed by atoms with Crippen LogP contribution in [0.3, 0.4) is 0 Å². The Balaban J connectivity index is 1.77. The smallest absolute Gasteiger partial charge is 0.185 e. The first-order chi connectivity index (χ1) is 15.7. The van der Waals surface area contributed by atoms with Gasteiger partial charge in [-0.05, 0) is 44.5 Å². The summed E-state index contributed by atoms with van der Waals surface area (Å²) in [4.78, 5) is 26.4. The average Bonchev–Trinajstić information content (AvgIpc) is 3.18. The molecule has 4 rings (SSSR count). The summed E-state index contributed by atoms with van der Waals surface area (Å²) in [5.41, 5.74) is 9.83. The Morgan fingerprint density at radius 2 is 1.64 bits per heavy atom. The number of nitrogens with zero attached hydrogens (tertiary/aromatic N) is 5. The minimum Gasteiger partial charge on any atom is -0.382 e. The molecule has 3 heterocycles. The highest BCUT2D eigenvalue weighted by Gasteiger charge is 2.22. The Kier molecular flexibility index (Phi) is 5.95. The summed E-state index contributed by atoms with van der Waals surface area (Å²) in [6, 6.07) is 7.28. The van der Waals surface area contributed by atoms with Crippen LogP contribution in [0.25, 0.3) is 22.5 Å². The number of pyridine rings is 1. The van der Waals surface area contributed by atoms with Gasteiger partial charge in [0.25, 0.3) is 0 Å². The van der Waals surface area contributed by atoms with Gasteiger partial charge in [-0.2, -0.15) is 5.10 Å². The standard InChI is InChI=1S/C24H22F2N6O/c1-13-9-15(10-14(2)29-13)21-22(16-11-28-32(3)12-16)31-24(27)23(30-21)20(33)8-7-17-18(25)5-4-6-19(17)26/h4-6,9-12H,7-8H2,1-3H3,(H2,27,31). The monoisotopic (exact) mass is 448 g/mol. The lowest BCUT2D eigenvalue weighted by Crippen LogP contribution is -2.12. The summed E-state index contributed by atoms with van der Waals surface area (Å²) < 4.78 is 29.6. The largest absolute Gasteiger partial charge is 0.382 e. The van der Waals surface area contributed by atoms with Crippen molar-refractivity contribution in [3.8, 4) is 22.5 Å². The lowest BCUT2D eigenvalue weighted by molar-refractivity contribution is 0.0978. The number of carbonyl (C=O) groups is 1. The molecule has 9 heteroatoms. The van der Waals surface area contributed by atoms with Crippen molar-refractivity contribution >= 4 is 11.6 Å². The number of hydrogen-bond acceptors (Lipinski definition) is 6. The second-order valence-corrected chi connectivity index (χ2v) is 7.82. The molecule has 4 aromatic rings. The van der Waals surface area contributed by atoms with Gasteiger partial charge in [0.15, 0.2) is 11.6 Å². The maximum absolute atomic E-state index is 14.0. The maximum atomic E-state index is 14.0. The summed E-state index contributed by atoms with van der Waals surface area (Å²) in [5.74, 6) is -1.90. The molecule has 2 N–H and O–H groups in total. The first kappa shape index (κ1) is 22.2. The third-order valence-corrected chi connectivity index (χ3v) is 5.18. The van der Waals surface area contributed by atoms with Crippen LogP contribution in [0.4, 0.5) is 14.6 Å². The predicted octanol–water partition coefficient (Wildman–Crippen LogP) is 4.23. The van der Waals surface area contributed by atoms with E-state index in [9.17, 15) is 13.6 Å². The van der Waals surface area contributed by atoms with E-state index in [0.29, 0.717) is 17.0 Å².